The summed E-state index contributed by atoms with van der Waals surface area (Å²) in [4.78, 5) is 43.9. The van der Waals surface area contributed by atoms with Crippen molar-refractivity contribution in [2.24, 2.45) is 0 Å². The van der Waals surface area contributed by atoms with Crippen molar-refractivity contribution in [3.63, 3.8) is 0 Å². The number of piperazine rings is 1. The molecule has 2 saturated heterocycles. The van der Waals surface area contributed by atoms with Crippen molar-refractivity contribution in [1.29, 1.82) is 0 Å². The minimum atomic E-state index is -4.47. The normalized spacial score (nSPS) is 23.2. The van der Waals surface area contributed by atoms with E-state index in [2.05, 4.69) is 0 Å². The Morgan fingerprint density at radius 1 is 0.917 bits per heavy atom. The van der Waals surface area contributed by atoms with Gasteiger partial charge in [0.2, 0.25) is 11.8 Å². The summed E-state index contributed by atoms with van der Waals surface area (Å²) in [7, 11) is 17.9. The quantitative estimate of drug-likeness (QED) is 0.489. The first-order valence-electron chi connectivity index (χ1n) is 11.3. The van der Waals surface area contributed by atoms with E-state index in [4.69, 9.17) is 23.5 Å². The molecule has 2 unspecified atom stereocenters. The number of hydrogen-bond donors (Lipinski definition) is 0. The molecule has 0 bridgehead atoms. The third kappa shape index (κ3) is 4.31. The number of hydrogen-bond acceptors (Lipinski definition) is 4. The smallest absolute Gasteiger partial charge is 0.368 e. The van der Waals surface area contributed by atoms with E-state index in [0.717, 1.165) is 17.0 Å². The Balaban J connectivity index is 1.59. The molecule has 2 heterocycles. The van der Waals surface area contributed by atoms with Crippen LogP contribution in [0.2, 0.25) is 10.5 Å². The highest BCUT2D eigenvalue weighted by atomic mass is 19.4. The Labute approximate surface area is 211 Å². The molecule has 2 atom stereocenters. The van der Waals surface area contributed by atoms with Gasteiger partial charge in [-0.05, 0) is 29.0 Å². The van der Waals surface area contributed by atoms with Crippen molar-refractivity contribution in [2.75, 3.05) is 31.1 Å². The van der Waals surface area contributed by atoms with Gasteiger partial charge in [0.05, 0.1) is 29.1 Å². The van der Waals surface area contributed by atoms with Crippen molar-refractivity contribution >= 4 is 46.9 Å². The lowest BCUT2D eigenvalue weighted by atomic mass is 9.38. The molecule has 12 heteroatoms. The standard InChI is InChI=1S/C24H21B3F3N3O3/c1-22(25)20(35)33(21(36)23(22,26)27)18(15-6-3-2-4-7-15)19(34)32-12-10-31(11-13-32)17-9-5-8-16(14-17)24(28,29)30/h2-9,14,18H,10-13H2,1H3. The summed E-state index contributed by atoms with van der Waals surface area (Å²) in [6, 6.07) is 11.9. The molecule has 0 aromatic heterocycles. The number of anilines is 1. The van der Waals surface area contributed by atoms with Gasteiger partial charge in [-0.25, -0.2) is 0 Å². The van der Waals surface area contributed by atoms with Crippen LogP contribution in [0, 0.1) is 0 Å². The van der Waals surface area contributed by atoms with Gasteiger partial charge in [-0.2, -0.15) is 13.2 Å². The Kier molecular flexibility index (Phi) is 6.51. The number of carbonyl (C=O) groups is 3. The van der Waals surface area contributed by atoms with Gasteiger partial charge in [0.25, 0.3) is 5.91 Å². The van der Waals surface area contributed by atoms with E-state index in [1.807, 2.05) is 0 Å². The van der Waals surface area contributed by atoms with E-state index in [9.17, 15) is 27.6 Å². The lowest BCUT2D eigenvalue weighted by Crippen LogP contribution is -2.53. The van der Waals surface area contributed by atoms with E-state index >= 15 is 0 Å². The minimum Gasteiger partial charge on any atom is -0.368 e. The first kappa shape index (κ1) is 25.9. The van der Waals surface area contributed by atoms with Gasteiger partial charge >= 0.3 is 6.18 Å². The highest BCUT2D eigenvalue weighted by molar-refractivity contribution is 6.61. The third-order valence-electron chi connectivity index (χ3n) is 6.83. The fourth-order valence-electron chi connectivity index (χ4n) is 4.45. The zero-order valence-corrected chi connectivity index (χ0v) is 19.5. The largest absolute Gasteiger partial charge is 0.416 e. The second-order valence-electron chi connectivity index (χ2n) is 9.23. The molecule has 2 aliphatic rings. The van der Waals surface area contributed by atoms with Crippen LogP contribution in [0.4, 0.5) is 18.9 Å². The SMILES string of the molecule is [B]C1([B])C(=O)N(C(C(=O)N2CCN(c3cccc(C(F)(F)F)c3)CC2)c2ccccc2)C(=O)C1([B])C. The van der Waals surface area contributed by atoms with Crippen molar-refractivity contribution in [1.82, 2.24) is 9.80 Å². The second-order valence-corrected chi connectivity index (χ2v) is 9.23. The number of nitrogens with zero attached hydrogens (tertiary/aromatic N) is 3. The first-order valence-corrected chi connectivity index (χ1v) is 11.3. The number of likely N-dealkylation sites (tertiary alicyclic amines) is 1. The van der Waals surface area contributed by atoms with Crippen molar-refractivity contribution < 1.29 is 27.6 Å². The van der Waals surface area contributed by atoms with Crippen molar-refractivity contribution in [3.05, 3.63) is 65.7 Å². The summed E-state index contributed by atoms with van der Waals surface area (Å²) in [5.41, 5.74) is -0.0000212. The van der Waals surface area contributed by atoms with Crippen LogP contribution in [0.5, 0.6) is 0 Å². The minimum absolute atomic E-state index is 0.158. The van der Waals surface area contributed by atoms with E-state index in [1.54, 1.807) is 41.3 Å². The maximum absolute atomic E-state index is 13.7. The van der Waals surface area contributed by atoms with Gasteiger partial charge in [0.15, 0.2) is 0 Å². The van der Waals surface area contributed by atoms with Crippen LogP contribution in [-0.4, -0.2) is 77.2 Å². The Morgan fingerprint density at radius 2 is 1.53 bits per heavy atom. The summed E-state index contributed by atoms with van der Waals surface area (Å²) in [5.74, 6) is -2.38. The van der Waals surface area contributed by atoms with Gasteiger partial charge < -0.3 is 9.80 Å². The summed E-state index contributed by atoms with van der Waals surface area (Å²) < 4.78 is 39.3. The fourth-order valence-corrected chi connectivity index (χ4v) is 4.45. The zero-order chi connectivity index (χ0) is 26.5. The second kappa shape index (κ2) is 9.05. The number of carbonyl (C=O) groups excluding carboxylic acids is 3. The molecular formula is C24H21B3F3N3O3. The maximum atomic E-state index is 13.7. The average Bonchev–Trinajstić information content (AvgIpc) is 2.96. The van der Waals surface area contributed by atoms with Crippen LogP contribution >= 0.6 is 0 Å². The topological polar surface area (TPSA) is 60.9 Å². The molecule has 4 rings (SSSR count). The summed E-state index contributed by atoms with van der Waals surface area (Å²) in [6.45, 7) is 2.06. The molecule has 36 heavy (non-hydrogen) atoms. The number of benzene rings is 2. The highest BCUT2D eigenvalue weighted by Gasteiger charge is 2.60. The van der Waals surface area contributed by atoms with E-state index in [1.165, 1.54) is 17.9 Å². The lowest BCUT2D eigenvalue weighted by Gasteiger charge is -2.39. The molecule has 0 spiro atoms. The molecule has 2 aromatic carbocycles. The molecule has 2 aromatic rings. The van der Waals surface area contributed by atoms with E-state index in [-0.39, 0.29) is 26.2 Å². The van der Waals surface area contributed by atoms with E-state index < -0.39 is 46.0 Å². The number of imide groups is 1. The summed E-state index contributed by atoms with van der Waals surface area (Å²) in [6.07, 6.45) is -4.47. The molecular weight excluding hydrogens is 468 g/mol. The molecule has 0 aliphatic carbocycles. The number of alkyl halides is 3. The molecule has 2 aliphatic heterocycles. The molecule has 3 amide bonds. The van der Waals surface area contributed by atoms with Crippen molar-refractivity contribution in [2.45, 2.75) is 29.7 Å². The first-order chi connectivity index (χ1) is 16.8. The van der Waals surface area contributed by atoms with Crippen LogP contribution in [-0.2, 0) is 20.6 Å². The predicted molar refractivity (Wildman–Crippen MR) is 130 cm³/mol. The van der Waals surface area contributed by atoms with Gasteiger partial charge in [0, 0.05) is 37.2 Å². The van der Waals surface area contributed by atoms with Gasteiger partial charge in [-0.1, -0.05) is 43.3 Å². The molecule has 0 saturated carbocycles. The number of halogens is 3. The molecule has 6 nitrogen and oxygen atoms in total. The summed E-state index contributed by atoms with van der Waals surface area (Å²) >= 11 is 0. The monoisotopic (exact) mass is 489 g/mol. The fraction of sp³-hybridized carbons (Fsp3) is 0.375. The maximum Gasteiger partial charge on any atom is 0.416 e. The van der Waals surface area contributed by atoms with Crippen LogP contribution in [0.15, 0.2) is 54.6 Å². The Bertz CT molecular complexity index is 1160. The molecule has 0 N–H and O–H groups in total. The average molecular weight is 489 g/mol. The van der Waals surface area contributed by atoms with Crippen LogP contribution < -0.4 is 4.90 Å². The van der Waals surface area contributed by atoms with E-state index in [0.29, 0.717) is 11.3 Å². The molecule has 2 fully saturated rings. The summed E-state index contributed by atoms with van der Waals surface area (Å²) in [5, 5.41) is -4.14. The van der Waals surface area contributed by atoms with Crippen molar-refractivity contribution in [3.8, 4) is 0 Å². The highest BCUT2D eigenvalue weighted by Crippen LogP contribution is 2.54. The zero-order valence-electron chi connectivity index (χ0n) is 19.5. The van der Waals surface area contributed by atoms with Crippen LogP contribution in [0.3, 0.4) is 0 Å². The lowest BCUT2D eigenvalue weighted by molar-refractivity contribution is -0.151. The third-order valence-corrected chi connectivity index (χ3v) is 6.83. The number of amides is 3. The van der Waals surface area contributed by atoms with Gasteiger partial charge in [-0.3, -0.25) is 19.3 Å². The predicted octanol–water partition coefficient (Wildman–Crippen LogP) is 2.26. The van der Waals surface area contributed by atoms with Gasteiger partial charge in [-0.15, -0.1) is 0 Å². The molecule has 180 valence electrons. The number of rotatable bonds is 4. The van der Waals surface area contributed by atoms with Crippen LogP contribution in [0.25, 0.3) is 0 Å². The molecule has 6 radical (unpaired) electrons. The van der Waals surface area contributed by atoms with Gasteiger partial charge in [0.1, 0.15) is 6.04 Å². The Hall–Kier alpha value is -3.17. The Morgan fingerprint density at radius 3 is 2.06 bits per heavy atom. The van der Waals surface area contributed by atoms with Crippen LogP contribution in [0.1, 0.15) is 24.1 Å².